The van der Waals surface area contributed by atoms with Gasteiger partial charge in [-0.25, -0.2) is 0 Å². The summed E-state index contributed by atoms with van der Waals surface area (Å²) < 4.78 is 0. The molecule has 0 aliphatic rings. The standard InChI is InChI=1S/C7H12O4.Li.H/c1-3-7(4-2,5(8)9)6(10)11;;/h3-4H2,1-2H3,(H,8,9)(H,10,11);;. The van der Waals surface area contributed by atoms with E-state index in [0.717, 1.165) is 0 Å². The van der Waals surface area contributed by atoms with E-state index in [1.165, 1.54) is 0 Å². The molecule has 0 fully saturated rings. The molecule has 12 heavy (non-hydrogen) atoms. The van der Waals surface area contributed by atoms with Crippen molar-refractivity contribution in [2.24, 2.45) is 5.41 Å². The molecular weight excluding hydrogens is 155 g/mol. The van der Waals surface area contributed by atoms with Crippen molar-refractivity contribution >= 4 is 30.8 Å². The molecule has 0 spiro atoms. The summed E-state index contributed by atoms with van der Waals surface area (Å²) in [5, 5.41) is 17.2. The van der Waals surface area contributed by atoms with Crippen LogP contribution in [0.4, 0.5) is 0 Å². The Labute approximate surface area is 83.1 Å². The summed E-state index contributed by atoms with van der Waals surface area (Å²) in [6.07, 6.45) is 0.238. The Kier molecular flexibility index (Phi) is 6.14. The van der Waals surface area contributed by atoms with E-state index in [1.807, 2.05) is 0 Å². The van der Waals surface area contributed by atoms with Gasteiger partial charge in [-0.1, -0.05) is 13.8 Å². The van der Waals surface area contributed by atoms with Gasteiger partial charge in [0, 0.05) is 0 Å². The van der Waals surface area contributed by atoms with Gasteiger partial charge in [-0.3, -0.25) is 9.59 Å². The molecule has 0 rings (SSSR count). The SMILES string of the molecule is CCC(CC)(C(=O)O)C(=O)O.[LiH]. The second-order valence-corrected chi connectivity index (χ2v) is 2.40. The van der Waals surface area contributed by atoms with Crippen molar-refractivity contribution < 1.29 is 19.8 Å². The zero-order valence-corrected chi connectivity index (χ0v) is 6.63. The van der Waals surface area contributed by atoms with Crippen LogP contribution in [0.1, 0.15) is 26.7 Å². The van der Waals surface area contributed by atoms with Gasteiger partial charge in [-0.15, -0.1) is 0 Å². The minimum absolute atomic E-state index is 0. The van der Waals surface area contributed by atoms with E-state index in [-0.39, 0.29) is 31.7 Å². The third kappa shape index (κ3) is 2.26. The topological polar surface area (TPSA) is 74.6 Å². The van der Waals surface area contributed by atoms with Crippen LogP contribution in [-0.4, -0.2) is 41.0 Å². The van der Waals surface area contributed by atoms with Crippen molar-refractivity contribution in [2.75, 3.05) is 0 Å². The Morgan fingerprint density at radius 1 is 1.08 bits per heavy atom. The average Bonchev–Trinajstić information content (AvgIpc) is 1.90. The Hall–Kier alpha value is -0.463. The Morgan fingerprint density at radius 2 is 1.33 bits per heavy atom. The van der Waals surface area contributed by atoms with E-state index in [1.54, 1.807) is 13.8 Å². The Balaban J connectivity index is 0. The molecule has 0 bridgehead atoms. The van der Waals surface area contributed by atoms with Gasteiger partial charge in [0.05, 0.1) is 0 Å². The van der Waals surface area contributed by atoms with Crippen molar-refractivity contribution in [3.8, 4) is 0 Å². The maximum absolute atomic E-state index is 10.5. The molecule has 0 saturated heterocycles. The molecule has 0 aromatic rings. The van der Waals surface area contributed by atoms with Crippen LogP contribution in [0.5, 0.6) is 0 Å². The van der Waals surface area contributed by atoms with E-state index in [4.69, 9.17) is 10.2 Å². The van der Waals surface area contributed by atoms with Crippen LogP contribution in [0.25, 0.3) is 0 Å². The molecule has 0 radical (unpaired) electrons. The minimum atomic E-state index is -1.58. The summed E-state index contributed by atoms with van der Waals surface area (Å²) in [4.78, 5) is 21.1. The molecule has 0 aliphatic heterocycles. The Bertz CT molecular complexity index is 158. The summed E-state index contributed by atoms with van der Waals surface area (Å²) >= 11 is 0. The van der Waals surface area contributed by atoms with Gasteiger partial charge < -0.3 is 10.2 Å². The number of rotatable bonds is 4. The van der Waals surface area contributed by atoms with Gasteiger partial charge in [-0.05, 0) is 12.8 Å². The molecule has 4 nitrogen and oxygen atoms in total. The first kappa shape index (κ1) is 14.1. The molecule has 0 aromatic carbocycles. The van der Waals surface area contributed by atoms with Gasteiger partial charge >= 0.3 is 30.8 Å². The summed E-state index contributed by atoms with van der Waals surface area (Å²) in [6.45, 7) is 3.12. The average molecular weight is 168 g/mol. The summed E-state index contributed by atoms with van der Waals surface area (Å²) in [7, 11) is 0. The van der Waals surface area contributed by atoms with Gasteiger partial charge in [-0.2, -0.15) is 0 Å². The number of hydrogen-bond acceptors (Lipinski definition) is 2. The van der Waals surface area contributed by atoms with Crippen molar-refractivity contribution in [1.82, 2.24) is 0 Å². The van der Waals surface area contributed by atoms with Gasteiger partial charge in [0.25, 0.3) is 0 Å². The molecule has 0 aromatic heterocycles. The first-order valence-corrected chi connectivity index (χ1v) is 3.48. The van der Waals surface area contributed by atoms with E-state index >= 15 is 0 Å². The normalized spacial score (nSPS) is 10.2. The number of carboxylic acids is 2. The summed E-state index contributed by atoms with van der Waals surface area (Å²) in [6, 6.07) is 0. The van der Waals surface area contributed by atoms with E-state index in [2.05, 4.69) is 0 Å². The van der Waals surface area contributed by atoms with Gasteiger partial charge in [0.15, 0.2) is 5.41 Å². The number of aliphatic carboxylic acids is 2. The van der Waals surface area contributed by atoms with Crippen molar-refractivity contribution in [2.45, 2.75) is 26.7 Å². The van der Waals surface area contributed by atoms with Crippen LogP contribution in [-0.2, 0) is 9.59 Å². The summed E-state index contributed by atoms with van der Waals surface area (Å²) in [5.41, 5.74) is -1.58. The second-order valence-electron chi connectivity index (χ2n) is 2.40. The number of carbonyl (C=O) groups is 2. The van der Waals surface area contributed by atoms with Crippen LogP contribution >= 0.6 is 0 Å². The first-order chi connectivity index (χ1) is 5.01. The molecule has 5 heteroatoms. The van der Waals surface area contributed by atoms with Crippen molar-refractivity contribution in [3.63, 3.8) is 0 Å². The van der Waals surface area contributed by atoms with Crippen molar-refractivity contribution in [1.29, 1.82) is 0 Å². The number of hydrogen-bond donors (Lipinski definition) is 2. The van der Waals surface area contributed by atoms with Crippen LogP contribution in [0.3, 0.4) is 0 Å². The predicted molar refractivity (Wildman–Crippen MR) is 45.4 cm³/mol. The third-order valence-corrected chi connectivity index (χ3v) is 2.03. The monoisotopic (exact) mass is 168 g/mol. The fourth-order valence-corrected chi connectivity index (χ4v) is 0.946. The summed E-state index contributed by atoms with van der Waals surface area (Å²) in [5.74, 6) is -2.51. The Morgan fingerprint density at radius 3 is 1.33 bits per heavy atom. The van der Waals surface area contributed by atoms with Crippen LogP contribution in [0.15, 0.2) is 0 Å². The van der Waals surface area contributed by atoms with E-state index < -0.39 is 17.4 Å². The van der Waals surface area contributed by atoms with Crippen LogP contribution < -0.4 is 0 Å². The zero-order chi connectivity index (χ0) is 9.07. The molecular formula is C7H13LiO4. The molecule has 0 amide bonds. The molecule has 0 aliphatic carbocycles. The molecule has 0 unspecified atom stereocenters. The molecule has 0 saturated carbocycles. The third-order valence-electron chi connectivity index (χ3n) is 2.03. The molecule has 2 N–H and O–H groups in total. The second kappa shape index (κ2) is 5.23. The van der Waals surface area contributed by atoms with Gasteiger partial charge in [0.2, 0.25) is 0 Å². The van der Waals surface area contributed by atoms with Crippen LogP contribution in [0.2, 0.25) is 0 Å². The fraction of sp³-hybridized carbons (Fsp3) is 0.714. The molecule has 0 heterocycles. The fourth-order valence-electron chi connectivity index (χ4n) is 0.946. The van der Waals surface area contributed by atoms with E-state index in [9.17, 15) is 9.59 Å². The first-order valence-electron chi connectivity index (χ1n) is 3.48. The quantitative estimate of drug-likeness (QED) is 0.468. The van der Waals surface area contributed by atoms with Crippen LogP contribution in [0, 0.1) is 5.41 Å². The maximum atomic E-state index is 10.5. The molecule has 66 valence electrons. The number of carboxylic acid groups (broad SMARTS) is 2. The zero-order valence-electron chi connectivity index (χ0n) is 6.63. The van der Waals surface area contributed by atoms with Crippen molar-refractivity contribution in [3.05, 3.63) is 0 Å². The van der Waals surface area contributed by atoms with Gasteiger partial charge in [0.1, 0.15) is 0 Å². The molecule has 0 atom stereocenters. The predicted octanol–water partition coefficient (Wildman–Crippen LogP) is 0.313. The van der Waals surface area contributed by atoms with E-state index in [0.29, 0.717) is 0 Å².